The zero-order valence-corrected chi connectivity index (χ0v) is 6.84. The number of hydrogen-bond acceptors (Lipinski definition) is 6. The molecule has 0 amide bonds. The van der Waals surface area contributed by atoms with Crippen LogP contribution in [0.3, 0.4) is 0 Å². The highest BCUT2D eigenvalue weighted by atomic mass is 16.5. The standard InChI is InChI=1S/C8H8O6/c9-5-1-3(7(11)12)6(10)2-4(5)8(13)14/h1-2,9-14H. The Kier molecular flexibility index (Phi) is 2.29. The van der Waals surface area contributed by atoms with Crippen LogP contribution in [0.15, 0.2) is 12.1 Å². The summed E-state index contributed by atoms with van der Waals surface area (Å²) in [5.41, 5.74) is 0. The third-order valence-electron chi connectivity index (χ3n) is 1.60. The number of benzene rings is 1. The topological polar surface area (TPSA) is 121 Å². The van der Waals surface area contributed by atoms with Gasteiger partial charge in [0.1, 0.15) is 21.9 Å². The van der Waals surface area contributed by atoms with E-state index in [1.807, 2.05) is 0 Å². The minimum atomic E-state index is -1.18. The molecule has 0 aliphatic rings. The Hall–Kier alpha value is -2.24. The van der Waals surface area contributed by atoms with Gasteiger partial charge in [-0.15, -0.1) is 0 Å². The molecular weight excluding hydrogens is 192 g/mol. The zero-order valence-electron chi connectivity index (χ0n) is 6.84. The van der Waals surface area contributed by atoms with Crippen LogP contribution in [-0.4, -0.2) is 30.6 Å². The molecule has 0 aliphatic heterocycles. The van der Waals surface area contributed by atoms with Crippen molar-refractivity contribution in [2.24, 2.45) is 0 Å². The molecule has 0 atom stereocenters. The first kappa shape index (κ1) is 9.85. The van der Waals surface area contributed by atoms with Crippen molar-refractivity contribution in [2.75, 3.05) is 0 Å². The van der Waals surface area contributed by atoms with Gasteiger partial charge in [-0.25, -0.2) is 0 Å². The lowest BCUT2D eigenvalue weighted by Gasteiger charge is -1.98. The summed E-state index contributed by atoms with van der Waals surface area (Å²) >= 11 is 0. The van der Waals surface area contributed by atoms with Crippen LogP contribution in [-0.2, 0) is 0 Å². The summed E-state index contributed by atoms with van der Waals surface area (Å²) in [4.78, 5) is 0. The Morgan fingerprint density at radius 3 is 1.21 bits per heavy atom. The highest BCUT2D eigenvalue weighted by Gasteiger charge is 2.05. The van der Waals surface area contributed by atoms with Crippen molar-refractivity contribution in [2.45, 2.75) is 0 Å². The molecule has 0 heterocycles. The number of aromatic hydroxyl groups is 2. The van der Waals surface area contributed by atoms with E-state index >= 15 is 0 Å². The monoisotopic (exact) mass is 200 g/mol. The average Bonchev–Trinajstić information content (AvgIpc) is 2.07. The third kappa shape index (κ3) is 1.58. The first-order valence-electron chi connectivity index (χ1n) is 3.50. The summed E-state index contributed by atoms with van der Waals surface area (Å²) in [6.45, 7) is 0. The van der Waals surface area contributed by atoms with Crippen LogP contribution in [0.5, 0.6) is 11.5 Å². The van der Waals surface area contributed by atoms with E-state index in [4.69, 9.17) is 30.6 Å². The molecule has 0 fully saturated rings. The summed E-state index contributed by atoms with van der Waals surface area (Å²) in [5.74, 6) is -3.56. The van der Waals surface area contributed by atoms with Gasteiger partial charge in [-0.05, 0) is 12.1 Å². The molecule has 0 saturated heterocycles. The van der Waals surface area contributed by atoms with Gasteiger partial charge >= 0.3 is 0 Å². The first-order valence-corrected chi connectivity index (χ1v) is 3.50. The van der Waals surface area contributed by atoms with Crippen LogP contribution < -0.4 is 10.4 Å². The molecule has 0 spiro atoms. The number of phenolic OH excluding ortho intramolecular Hbond substituents is 2. The number of aliphatic hydroxyl groups excluding tert-OH is 2. The van der Waals surface area contributed by atoms with Gasteiger partial charge in [0.15, 0.2) is 0 Å². The summed E-state index contributed by atoms with van der Waals surface area (Å²) in [5, 5.41) is 52.0. The van der Waals surface area contributed by atoms with Gasteiger partial charge in [0.2, 0.25) is 0 Å². The molecule has 0 saturated carbocycles. The van der Waals surface area contributed by atoms with E-state index in [1.165, 1.54) is 0 Å². The van der Waals surface area contributed by atoms with Gasteiger partial charge in [0, 0.05) is 0 Å². The highest BCUT2D eigenvalue weighted by Crippen LogP contribution is 2.04. The summed E-state index contributed by atoms with van der Waals surface area (Å²) in [7, 11) is 0. The summed E-state index contributed by atoms with van der Waals surface area (Å²) < 4.78 is 0. The van der Waals surface area contributed by atoms with E-state index < -0.39 is 33.8 Å². The van der Waals surface area contributed by atoms with E-state index in [2.05, 4.69) is 0 Å². The quantitative estimate of drug-likeness (QED) is 0.313. The van der Waals surface area contributed by atoms with Gasteiger partial charge in [-0.1, -0.05) is 0 Å². The SMILES string of the molecule is OC(O)=c1cc(O)c(=C(O)O)cc1O. The molecule has 0 unspecified atom stereocenters. The van der Waals surface area contributed by atoms with Gasteiger partial charge in [0.25, 0.3) is 11.9 Å². The second-order valence-electron chi connectivity index (χ2n) is 2.53. The lowest BCUT2D eigenvalue weighted by atomic mass is 10.2. The summed E-state index contributed by atoms with van der Waals surface area (Å²) in [6, 6.07) is 1.57. The lowest BCUT2D eigenvalue weighted by Crippen LogP contribution is -2.14. The molecule has 6 N–H and O–H groups in total. The van der Waals surface area contributed by atoms with Crippen molar-refractivity contribution in [3.8, 4) is 11.5 Å². The van der Waals surface area contributed by atoms with Crippen molar-refractivity contribution in [3.05, 3.63) is 22.6 Å². The number of hydrogen-bond donors (Lipinski definition) is 6. The van der Waals surface area contributed by atoms with Crippen LogP contribution in [0.4, 0.5) is 0 Å². The molecule has 76 valence electrons. The van der Waals surface area contributed by atoms with Crippen molar-refractivity contribution >= 4 is 11.9 Å². The Balaban J connectivity index is 3.74. The Morgan fingerprint density at radius 2 is 1.00 bits per heavy atom. The molecule has 0 bridgehead atoms. The second kappa shape index (κ2) is 3.25. The molecule has 0 aromatic heterocycles. The van der Waals surface area contributed by atoms with E-state index in [0.29, 0.717) is 0 Å². The fraction of sp³-hybridized carbons (Fsp3) is 0. The molecule has 1 aromatic rings. The zero-order chi connectivity index (χ0) is 10.9. The summed E-state index contributed by atoms with van der Waals surface area (Å²) in [6.07, 6.45) is 0. The van der Waals surface area contributed by atoms with Crippen molar-refractivity contribution in [1.29, 1.82) is 0 Å². The Labute approximate surface area is 77.5 Å². The van der Waals surface area contributed by atoms with E-state index in [-0.39, 0.29) is 0 Å². The molecule has 6 heteroatoms. The normalized spacial score (nSPS) is 9.71. The van der Waals surface area contributed by atoms with Gasteiger partial charge in [-0.2, -0.15) is 0 Å². The maximum absolute atomic E-state index is 9.15. The van der Waals surface area contributed by atoms with E-state index in [9.17, 15) is 0 Å². The molecule has 0 radical (unpaired) electrons. The van der Waals surface area contributed by atoms with Gasteiger partial charge < -0.3 is 30.6 Å². The van der Waals surface area contributed by atoms with Crippen LogP contribution in [0.25, 0.3) is 11.9 Å². The fourth-order valence-electron chi connectivity index (χ4n) is 0.935. The minimum absolute atomic E-state index is 0.410. The fourth-order valence-corrected chi connectivity index (χ4v) is 0.935. The predicted octanol–water partition coefficient (Wildman–Crippen LogP) is -0.539. The smallest absolute Gasteiger partial charge is 0.285 e. The van der Waals surface area contributed by atoms with Crippen molar-refractivity contribution in [3.63, 3.8) is 0 Å². The number of phenols is 2. The number of rotatable bonds is 0. The second-order valence-corrected chi connectivity index (χ2v) is 2.53. The largest absolute Gasteiger partial charge is 0.507 e. The maximum Gasteiger partial charge on any atom is 0.285 e. The van der Waals surface area contributed by atoms with Crippen LogP contribution in [0, 0.1) is 0 Å². The lowest BCUT2D eigenvalue weighted by molar-refractivity contribution is 0.291. The Morgan fingerprint density at radius 1 is 0.714 bits per heavy atom. The van der Waals surface area contributed by atoms with E-state index in [0.717, 1.165) is 12.1 Å². The predicted molar refractivity (Wildman–Crippen MR) is 46.4 cm³/mol. The van der Waals surface area contributed by atoms with E-state index in [1.54, 1.807) is 0 Å². The molecule has 0 aliphatic carbocycles. The molecule has 6 nitrogen and oxygen atoms in total. The maximum atomic E-state index is 9.15. The van der Waals surface area contributed by atoms with Crippen LogP contribution in [0.2, 0.25) is 0 Å². The van der Waals surface area contributed by atoms with Gasteiger partial charge in [-0.3, -0.25) is 0 Å². The third-order valence-corrected chi connectivity index (χ3v) is 1.60. The molecule has 1 aromatic carbocycles. The van der Waals surface area contributed by atoms with Crippen molar-refractivity contribution < 1.29 is 30.6 Å². The molecular formula is C8H8O6. The number of aliphatic hydroxyl groups is 4. The Bertz CT molecular complexity index is 422. The van der Waals surface area contributed by atoms with Crippen LogP contribution in [0.1, 0.15) is 0 Å². The first-order chi connectivity index (χ1) is 6.43. The molecule has 1 rings (SSSR count). The molecule has 14 heavy (non-hydrogen) atoms. The average molecular weight is 200 g/mol. The van der Waals surface area contributed by atoms with Crippen LogP contribution >= 0.6 is 0 Å². The van der Waals surface area contributed by atoms with Gasteiger partial charge in [0.05, 0.1) is 0 Å². The minimum Gasteiger partial charge on any atom is -0.507 e. The van der Waals surface area contributed by atoms with Crippen molar-refractivity contribution in [1.82, 2.24) is 0 Å². The highest BCUT2D eigenvalue weighted by molar-refractivity contribution is 5.44.